The van der Waals surface area contributed by atoms with Crippen LogP contribution in [0.2, 0.25) is 0 Å². The largest absolute Gasteiger partial charge is 0.481 e. The van der Waals surface area contributed by atoms with Crippen molar-refractivity contribution < 1.29 is 27.9 Å². The number of carboxylic acid groups (broad SMARTS) is 1. The number of pyridine rings is 1. The lowest BCUT2D eigenvalue weighted by molar-refractivity contribution is -0.141. The molecule has 5 nitrogen and oxygen atoms in total. The Morgan fingerprint density at radius 3 is 2.70 bits per heavy atom. The highest BCUT2D eigenvalue weighted by atomic mass is 32.2. The summed E-state index contributed by atoms with van der Waals surface area (Å²) in [6.45, 7) is 0.0724. The first-order valence-corrected chi connectivity index (χ1v) is 6.58. The summed E-state index contributed by atoms with van der Waals surface area (Å²) in [5.41, 5.74) is -1.79. The van der Waals surface area contributed by atoms with Crippen molar-refractivity contribution in [3.63, 3.8) is 0 Å². The topological polar surface area (TPSA) is 79.3 Å². The number of carboxylic acids is 1. The van der Waals surface area contributed by atoms with Gasteiger partial charge in [0, 0.05) is 18.5 Å². The Labute approximate surface area is 116 Å². The molecule has 0 bridgehead atoms. The van der Waals surface area contributed by atoms with E-state index in [2.05, 4.69) is 10.3 Å². The maximum atomic E-state index is 12.6. The quantitative estimate of drug-likeness (QED) is 0.781. The van der Waals surface area contributed by atoms with Crippen molar-refractivity contribution in [1.29, 1.82) is 0 Å². The Morgan fingerprint density at radius 1 is 1.40 bits per heavy atom. The second kappa shape index (κ2) is 7.13. The first-order chi connectivity index (χ1) is 9.32. The average Bonchev–Trinajstić information content (AvgIpc) is 2.36. The fourth-order valence-electron chi connectivity index (χ4n) is 1.31. The van der Waals surface area contributed by atoms with Crippen molar-refractivity contribution in [2.45, 2.75) is 6.18 Å². The number of thioether (sulfide) groups is 1. The van der Waals surface area contributed by atoms with Gasteiger partial charge in [-0.2, -0.15) is 13.2 Å². The minimum absolute atomic E-state index is 0.0724. The molecule has 1 heterocycles. The number of alkyl halides is 3. The Hall–Kier alpha value is -1.77. The van der Waals surface area contributed by atoms with Crippen LogP contribution in [-0.4, -0.2) is 40.0 Å². The van der Waals surface area contributed by atoms with Gasteiger partial charge in [-0.3, -0.25) is 14.6 Å². The van der Waals surface area contributed by atoms with Gasteiger partial charge >= 0.3 is 12.1 Å². The molecule has 0 aliphatic carbocycles. The molecule has 0 aromatic carbocycles. The number of hydrogen-bond acceptors (Lipinski definition) is 4. The molecular weight excluding hydrogens is 297 g/mol. The normalized spacial score (nSPS) is 11.2. The number of halogens is 3. The van der Waals surface area contributed by atoms with Crippen molar-refractivity contribution in [2.75, 3.05) is 18.1 Å². The van der Waals surface area contributed by atoms with Gasteiger partial charge in [-0.15, -0.1) is 11.8 Å². The van der Waals surface area contributed by atoms with Crippen LogP contribution in [0.1, 0.15) is 16.1 Å². The number of aliphatic carboxylic acids is 1. The molecule has 0 aliphatic heterocycles. The van der Waals surface area contributed by atoms with Crippen LogP contribution < -0.4 is 5.32 Å². The smallest absolute Gasteiger partial charge is 0.434 e. The highest BCUT2D eigenvalue weighted by Crippen LogP contribution is 2.29. The summed E-state index contributed by atoms with van der Waals surface area (Å²) in [5, 5.41) is 10.7. The molecule has 2 N–H and O–H groups in total. The molecule has 0 spiro atoms. The van der Waals surface area contributed by atoms with Gasteiger partial charge in [0.05, 0.1) is 11.3 Å². The average molecular weight is 308 g/mol. The molecule has 0 unspecified atom stereocenters. The summed E-state index contributed by atoms with van der Waals surface area (Å²) in [6, 6.07) is 2.28. The third-order valence-electron chi connectivity index (χ3n) is 2.08. The van der Waals surface area contributed by atoms with Gasteiger partial charge in [-0.25, -0.2) is 0 Å². The van der Waals surface area contributed by atoms with Gasteiger partial charge in [-0.05, 0) is 12.1 Å². The molecule has 0 aliphatic rings. The van der Waals surface area contributed by atoms with Crippen molar-refractivity contribution >= 4 is 23.6 Å². The van der Waals surface area contributed by atoms with Crippen LogP contribution in [0.5, 0.6) is 0 Å². The number of nitrogens with zero attached hydrogens (tertiary/aromatic N) is 1. The predicted octanol–water partition coefficient (Wildman–Crippen LogP) is 1.65. The Bertz CT molecular complexity index is 494. The number of amides is 1. The zero-order valence-corrected chi connectivity index (χ0v) is 10.9. The lowest BCUT2D eigenvalue weighted by Crippen LogP contribution is -2.28. The molecule has 1 aromatic rings. The minimum atomic E-state index is -4.70. The third-order valence-corrected chi connectivity index (χ3v) is 3.02. The summed E-state index contributed by atoms with van der Waals surface area (Å²) in [7, 11) is 0. The Morgan fingerprint density at radius 2 is 2.10 bits per heavy atom. The van der Waals surface area contributed by atoms with E-state index in [1.54, 1.807) is 0 Å². The van der Waals surface area contributed by atoms with E-state index < -0.39 is 29.3 Å². The summed E-state index contributed by atoms with van der Waals surface area (Å²) in [4.78, 5) is 25.0. The summed E-state index contributed by atoms with van der Waals surface area (Å²) >= 11 is 1.06. The molecular formula is C11H11F3N2O3S. The lowest BCUT2D eigenvalue weighted by Gasteiger charge is -2.11. The lowest BCUT2D eigenvalue weighted by atomic mass is 10.1. The van der Waals surface area contributed by atoms with Gasteiger partial charge in [-0.1, -0.05) is 0 Å². The predicted molar refractivity (Wildman–Crippen MR) is 66.5 cm³/mol. The second-order valence-electron chi connectivity index (χ2n) is 3.60. The zero-order valence-electron chi connectivity index (χ0n) is 10.1. The molecule has 0 radical (unpaired) electrons. The first-order valence-electron chi connectivity index (χ1n) is 5.42. The van der Waals surface area contributed by atoms with Gasteiger partial charge in [0.2, 0.25) is 0 Å². The van der Waals surface area contributed by atoms with E-state index in [-0.39, 0.29) is 12.3 Å². The molecule has 20 heavy (non-hydrogen) atoms. The molecule has 0 fully saturated rings. The third kappa shape index (κ3) is 5.08. The van der Waals surface area contributed by atoms with Crippen molar-refractivity contribution in [1.82, 2.24) is 10.3 Å². The minimum Gasteiger partial charge on any atom is -0.481 e. The molecule has 110 valence electrons. The number of aromatic nitrogens is 1. The van der Waals surface area contributed by atoms with Gasteiger partial charge in [0.15, 0.2) is 5.69 Å². The highest BCUT2D eigenvalue weighted by Gasteiger charge is 2.36. The maximum Gasteiger partial charge on any atom is 0.434 e. The molecule has 1 rings (SSSR count). The van der Waals surface area contributed by atoms with Gasteiger partial charge < -0.3 is 10.4 Å². The Balaban J connectivity index is 2.58. The van der Waals surface area contributed by atoms with Crippen LogP contribution in [0.15, 0.2) is 18.3 Å². The first kappa shape index (κ1) is 16.3. The molecule has 0 saturated carbocycles. The van der Waals surface area contributed by atoms with Crippen LogP contribution in [0.3, 0.4) is 0 Å². The van der Waals surface area contributed by atoms with E-state index in [1.807, 2.05) is 0 Å². The summed E-state index contributed by atoms with van der Waals surface area (Å²) in [6.07, 6.45) is -3.74. The molecule has 9 heteroatoms. The molecule has 1 aromatic heterocycles. The van der Waals surface area contributed by atoms with E-state index >= 15 is 0 Å². The van der Waals surface area contributed by atoms with E-state index in [9.17, 15) is 22.8 Å². The fourth-order valence-corrected chi connectivity index (χ4v) is 1.87. The van der Waals surface area contributed by atoms with E-state index in [1.165, 1.54) is 6.07 Å². The molecule has 1 amide bonds. The standard InChI is InChI=1S/C11H11F3N2O3S/c12-11(13,14)9-7(2-1-3-15-9)10(19)16-4-5-20-6-8(17)18/h1-3H,4-6H2,(H,16,19)(H,17,18). The monoisotopic (exact) mass is 308 g/mol. The molecule has 0 atom stereocenters. The second-order valence-corrected chi connectivity index (χ2v) is 4.70. The number of carbonyl (C=O) groups excluding carboxylic acids is 1. The van der Waals surface area contributed by atoms with Crippen LogP contribution >= 0.6 is 11.8 Å². The van der Waals surface area contributed by atoms with Crippen molar-refractivity contribution in [3.8, 4) is 0 Å². The Kier molecular flexibility index (Phi) is 5.81. The SMILES string of the molecule is O=C(O)CSCCNC(=O)c1cccnc1C(F)(F)F. The van der Waals surface area contributed by atoms with E-state index in [0.29, 0.717) is 5.75 Å². The summed E-state index contributed by atoms with van der Waals surface area (Å²) in [5.74, 6) is -1.72. The molecule has 0 saturated heterocycles. The number of nitrogens with one attached hydrogen (secondary N) is 1. The van der Waals surface area contributed by atoms with E-state index in [0.717, 1.165) is 24.0 Å². The maximum absolute atomic E-state index is 12.6. The van der Waals surface area contributed by atoms with Crippen LogP contribution in [-0.2, 0) is 11.0 Å². The van der Waals surface area contributed by atoms with Crippen molar-refractivity contribution in [3.05, 3.63) is 29.6 Å². The van der Waals surface area contributed by atoms with Gasteiger partial charge in [0.25, 0.3) is 5.91 Å². The van der Waals surface area contributed by atoms with Crippen LogP contribution in [0.25, 0.3) is 0 Å². The highest BCUT2D eigenvalue weighted by molar-refractivity contribution is 7.99. The number of hydrogen-bond donors (Lipinski definition) is 2. The van der Waals surface area contributed by atoms with Crippen molar-refractivity contribution in [2.24, 2.45) is 0 Å². The number of rotatable bonds is 6. The van der Waals surface area contributed by atoms with Crippen LogP contribution in [0, 0.1) is 0 Å². The van der Waals surface area contributed by atoms with E-state index in [4.69, 9.17) is 5.11 Å². The summed E-state index contributed by atoms with van der Waals surface area (Å²) < 4.78 is 37.9. The fraction of sp³-hybridized carbons (Fsp3) is 0.364. The van der Waals surface area contributed by atoms with Crippen LogP contribution in [0.4, 0.5) is 13.2 Å². The van der Waals surface area contributed by atoms with Gasteiger partial charge in [0.1, 0.15) is 0 Å². The zero-order chi connectivity index (χ0) is 15.2. The number of carbonyl (C=O) groups is 2.